The highest BCUT2D eigenvalue weighted by Gasteiger charge is 2.24. The molecular weight excluding hydrogens is 350 g/mol. The van der Waals surface area contributed by atoms with Crippen LogP contribution in [0.2, 0.25) is 0 Å². The number of aliphatic imine (C=N–C) groups is 1. The lowest BCUT2D eigenvalue weighted by atomic mass is 10.1. The minimum atomic E-state index is -0.454. The maximum atomic E-state index is 12.1. The molecule has 1 aromatic carbocycles. The van der Waals surface area contributed by atoms with Crippen LogP contribution < -0.4 is 9.47 Å². The predicted octanol–water partition coefficient (Wildman–Crippen LogP) is 4.53. The van der Waals surface area contributed by atoms with Gasteiger partial charge in [0.1, 0.15) is 0 Å². The zero-order valence-electron chi connectivity index (χ0n) is 15.0. The van der Waals surface area contributed by atoms with Crippen molar-refractivity contribution in [3.05, 3.63) is 51.8 Å². The molecule has 0 saturated heterocycles. The molecule has 2 heterocycles. The van der Waals surface area contributed by atoms with Crippen molar-refractivity contribution in [2.45, 2.75) is 20.3 Å². The summed E-state index contributed by atoms with van der Waals surface area (Å²) in [7, 11) is 1.60. The van der Waals surface area contributed by atoms with E-state index in [0.29, 0.717) is 29.9 Å². The molecule has 0 spiro atoms. The third kappa shape index (κ3) is 4.32. The van der Waals surface area contributed by atoms with Gasteiger partial charge in [0.2, 0.25) is 5.90 Å². The second-order valence-electron chi connectivity index (χ2n) is 6.25. The Kier molecular flexibility index (Phi) is 5.73. The molecule has 136 valence electrons. The highest BCUT2D eigenvalue weighted by atomic mass is 32.1. The molecule has 2 aromatic rings. The highest BCUT2D eigenvalue weighted by Crippen LogP contribution is 2.30. The highest BCUT2D eigenvalue weighted by molar-refractivity contribution is 7.12. The molecule has 0 N–H and O–H groups in total. The van der Waals surface area contributed by atoms with Gasteiger partial charge >= 0.3 is 5.97 Å². The van der Waals surface area contributed by atoms with E-state index in [2.05, 4.69) is 18.8 Å². The molecule has 0 atom stereocenters. The number of ether oxygens (including phenoxy) is 3. The first kappa shape index (κ1) is 18.2. The van der Waals surface area contributed by atoms with Gasteiger partial charge in [0.15, 0.2) is 17.2 Å². The van der Waals surface area contributed by atoms with Crippen molar-refractivity contribution >= 4 is 29.3 Å². The number of thiophene rings is 1. The maximum Gasteiger partial charge on any atom is 0.363 e. The van der Waals surface area contributed by atoms with E-state index in [1.54, 1.807) is 13.2 Å². The Morgan fingerprint density at radius 3 is 2.81 bits per heavy atom. The molecular formula is C20H21NO4S. The third-order valence-corrected chi connectivity index (χ3v) is 4.65. The van der Waals surface area contributed by atoms with Gasteiger partial charge < -0.3 is 14.2 Å². The van der Waals surface area contributed by atoms with Gasteiger partial charge in [-0.1, -0.05) is 26.0 Å². The van der Waals surface area contributed by atoms with Gasteiger partial charge in [-0.3, -0.25) is 0 Å². The fourth-order valence-electron chi connectivity index (χ4n) is 2.37. The van der Waals surface area contributed by atoms with Crippen LogP contribution in [0.1, 0.15) is 30.7 Å². The van der Waals surface area contributed by atoms with E-state index in [-0.39, 0.29) is 5.70 Å². The number of nitrogens with zero attached hydrogens (tertiary/aromatic N) is 1. The number of benzene rings is 1. The van der Waals surface area contributed by atoms with Crippen LogP contribution in [-0.2, 0) is 9.53 Å². The minimum Gasteiger partial charge on any atom is -0.493 e. The summed E-state index contributed by atoms with van der Waals surface area (Å²) in [6, 6.07) is 9.29. The molecule has 3 rings (SSSR count). The van der Waals surface area contributed by atoms with Gasteiger partial charge in [0.05, 0.1) is 18.6 Å². The quantitative estimate of drug-likeness (QED) is 0.530. The summed E-state index contributed by atoms with van der Waals surface area (Å²) in [6.07, 6.45) is 2.66. The second-order valence-corrected chi connectivity index (χ2v) is 7.20. The molecule has 0 aliphatic carbocycles. The number of cyclic esters (lactones) is 1. The molecule has 0 unspecified atom stereocenters. The SMILES string of the molecule is COc1cc(/C=C2\N=C(c3cccs3)OC2=O)ccc1OCCC(C)C. The number of esters is 1. The van der Waals surface area contributed by atoms with Gasteiger partial charge in [-0.25, -0.2) is 9.79 Å². The van der Waals surface area contributed by atoms with Crippen LogP contribution in [-0.4, -0.2) is 25.6 Å². The number of hydrogen-bond acceptors (Lipinski definition) is 6. The summed E-state index contributed by atoms with van der Waals surface area (Å²) >= 11 is 1.48. The van der Waals surface area contributed by atoms with E-state index in [0.717, 1.165) is 16.9 Å². The zero-order chi connectivity index (χ0) is 18.5. The molecule has 0 fully saturated rings. The smallest absolute Gasteiger partial charge is 0.363 e. The predicted molar refractivity (Wildman–Crippen MR) is 103 cm³/mol. The van der Waals surface area contributed by atoms with Gasteiger partial charge in [-0.2, -0.15) is 0 Å². The summed E-state index contributed by atoms with van der Waals surface area (Å²) in [6.45, 7) is 4.94. The Labute approximate surface area is 156 Å². The lowest BCUT2D eigenvalue weighted by molar-refractivity contribution is -0.129. The van der Waals surface area contributed by atoms with Crippen LogP contribution >= 0.6 is 11.3 Å². The number of rotatable bonds is 7. The number of hydrogen-bond donors (Lipinski definition) is 0. The molecule has 0 saturated carbocycles. The van der Waals surface area contributed by atoms with Crippen molar-refractivity contribution in [2.75, 3.05) is 13.7 Å². The fraction of sp³-hybridized carbons (Fsp3) is 0.300. The number of carbonyl (C=O) groups is 1. The largest absolute Gasteiger partial charge is 0.493 e. The normalized spacial score (nSPS) is 15.3. The van der Waals surface area contributed by atoms with Crippen LogP contribution in [0.3, 0.4) is 0 Å². The van der Waals surface area contributed by atoms with E-state index in [1.165, 1.54) is 11.3 Å². The van der Waals surface area contributed by atoms with Crippen molar-refractivity contribution in [2.24, 2.45) is 10.9 Å². The van der Waals surface area contributed by atoms with Crippen LogP contribution in [0.15, 0.2) is 46.4 Å². The average Bonchev–Trinajstić information content (AvgIpc) is 3.26. The second kappa shape index (κ2) is 8.19. The van der Waals surface area contributed by atoms with Gasteiger partial charge in [0, 0.05) is 0 Å². The fourth-order valence-corrected chi connectivity index (χ4v) is 3.02. The van der Waals surface area contributed by atoms with Crippen molar-refractivity contribution in [1.29, 1.82) is 0 Å². The Hall–Kier alpha value is -2.60. The Bertz CT molecular complexity index is 838. The molecule has 26 heavy (non-hydrogen) atoms. The third-order valence-electron chi connectivity index (χ3n) is 3.80. The summed E-state index contributed by atoms with van der Waals surface area (Å²) in [5, 5.41) is 1.91. The lowest BCUT2D eigenvalue weighted by Crippen LogP contribution is -2.03. The first-order chi connectivity index (χ1) is 12.6. The Balaban J connectivity index is 1.79. The first-order valence-electron chi connectivity index (χ1n) is 8.44. The van der Waals surface area contributed by atoms with Crippen molar-refractivity contribution in [1.82, 2.24) is 0 Å². The van der Waals surface area contributed by atoms with Crippen LogP contribution in [0.25, 0.3) is 6.08 Å². The maximum absolute atomic E-state index is 12.1. The first-order valence-corrected chi connectivity index (χ1v) is 9.32. The topological polar surface area (TPSA) is 57.1 Å². The summed E-state index contributed by atoms with van der Waals surface area (Å²) < 4.78 is 16.4. The van der Waals surface area contributed by atoms with Crippen molar-refractivity contribution in [3.8, 4) is 11.5 Å². The molecule has 5 nitrogen and oxygen atoms in total. The van der Waals surface area contributed by atoms with E-state index in [4.69, 9.17) is 14.2 Å². The van der Waals surface area contributed by atoms with Crippen molar-refractivity contribution < 1.29 is 19.0 Å². The molecule has 1 aliphatic rings. The standard InChI is InChI=1S/C20H21NO4S/c1-13(2)8-9-24-16-7-6-14(12-17(16)23-3)11-15-20(22)25-19(21-15)18-5-4-10-26-18/h4-7,10-13H,8-9H2,1-3H3/b15-11-. The van der Waals surface area contributed by atoms with Crippen LogP contribution in [0, 0.1) is 5.92 Å². The molecule has 1 aliphatic heterocycles. The Morgan fingerprint density at radius 1 is 1.27 bits per heavy atom. The Morgan fingerprint density at radius 2 is 2.12 bits per heavy atom. The van der Waals surface area contributed by atoms with Crippen molar-refractivity contribution in [3.63, 3.8) is 0 Å². The van der Waals surface area contributed by atoms with Gasteiger partial charge in [-0.15, -0.1) is 11.3 Å². The van der Waals surface area contributed by atoms with Gasteiger partial charge in [0.25, 0.3) is 0 Å². The molecule has 0 radical (unpaired) electrons. The molecule has 0 bridgehead atoms. The monoisotopic (exact) mass is 371 g/mol. The van der Waals surface area contributed by atoms with Crippen LogP contribution in [0.5, 0.6) is 11.5 Å². The number of methoxy groups -OCH3 is 1. The average molecular weight is 371 g/mol. The molecule has 1 aromatic heterocycles. The van der Waals surface area contributed by atoms with E-state index in [9.17, 15) is 4.79 Å². The molecule has 6 heteroatoms. The number of carbonyl (C=O) groups excluding carboxylic acids is 1. The summed E-state index contributed by atoms with van der Waals surface area (Å²) in [4.78, 5) is 17.2. The zero-order valence-corrected chi connectivity index (χ0v) is 15.8. The van der Waals surface area contributed by atoms with Gasteiger partial charge in [-0.05, 0) is 47.6 Å². The molecule has 0 amide bonds. The van der Waals surface area contributed by atoms with Crippen LogP contribution in [0.4, 0.5) is 0 Å². The van der Waals surface area contributed by atoms with E-state index >= 15 is 0 Å². The summed E-state index contributed by atoms with van der Waals surface area (Å²) in [5.74, 6) is 1.78. The lowest BCUT2D eigenvalue weighted by Gasteiger charge is -2.12. The van der Waals surface area contributed by atoms with E-state index < -0.39 is 5.97 Å². The minimum absolute atomic E-state index is 0.268. The van der Waals surface area contributed by atoms with E-state index in [1.807, 2.05) is 35.7 Å². The summed E-state index contributed by atoms with van der Waals surface area (Å²) in [5.41, 5.74) is 1.06.